The average Bonchev–Trinajstić information content (AvgIpc) is 2.98. The van der Waals surface area contributed by atoms with E-state index in [1.54, 1.807) is 6.08 Å². The van der Waals surface area contributed by atoms with E-state index in [0.717, 1.165) is 11.1 Å². The van der Waals surface area contributed by atoms with Gasteiger partial charge in [0.15, 0.2) is 0 Å². The first-order valence-corrected chi connectivity index (χ1v) is 7.51. The third-order valence-corrected chi connectivity index (χ3v) is 3.75. The number of cyclic esters (lactones) is 1. The lowest BCUT2D eigenvalue weighted by Gasteiger charge is -2.18. The molecule has 4 heteroatoms. The van der Waals surface area contributed by atoms with Crippen molar-refractivity contribution in [3.8, 4) is 0 Å². The molecule has 2 aromatic rings. The van der Waals surface area contributed by atoms with Crippen LogP contribution >= 0.6 is 0 Å². The predicted octanol–water partition coefficient (Wildman–Crippen LogP) is 3.51. The molecule has 3 rings (SSSR count). The zero-order valence-corrected chi connectivity index (χ0v) is 12.6. The topological polar surface area (TPSA) is 46.6 Å². The summed E-state index contributed by atoms with van der Waals surface area (Å²) in [6, 6.07) is 18.9. The minimum Gasteiger partial charge on any atom is -0.446 e. The van der Waals surface area contributed by atoms with E-state index in [4.69, 9.17) is 4.74 Å². The van der Waals surface area contributed by atoms with Gasteiger partial charge < -0.3 is 4.74 Å². The van der Waals surface area contributed by atoms with Gasteiger partial charge in [0.25, 0.3) is 5.91 Å². The van der Waals surface area contributed by atoms with E-state index in [9.17, 15) is 9.59 Å². The summed E-state index contributed by atoms with van der Waals surface area (Å²) in [5.41, 5.74) is 2.00. The fourth-order valence-corrected chi connectivity index (χ4v) is 2.58. The molecule has 0 saturated carbocycles. The molecule has 4 nitrogen and oxygen atoms in total. The lowest BCUT2D eigenvalue weighted by molar-refractivity contribution is -0.124. The van der Waals surface area contributed by atoms with Crippen LogP contribution in [0.1, 0.15) is 17.2 Å². The Kier molecular flexibility index (Phi) is 4.52. The van der Waals surface area contributed by atoms with Gasteiger partial charge in [-0.25, -0.2) is 9.69 Å². The molecule has 0 radical (unpaired) electrons. The van der Waals surface area contributed by atoms with Crippen molar-refractivity contribution >= 4 is 12.0 Å². The van der Waals surface area contributed by atoms with Gasteiger partial charge in [0, 0.05) is 6.08 Å². The molecule has 0 N–H and O–H groups in total. The van der Waals surface area contributed by atoms with Gasteiger partial charge in [0.1, 0.15) is 12.6 Å². The monoisotopic (exact) mass is 307 g/mol. The molecular formula is C19H17NO3. The summed E-state index contributed by atoms with van der Waals surface area (Å²) >= 11 is 0. The van der Waals surface area contributed by atoms with Crippen LogP contribution in [-0.2, 0) is 16.0 Å². The Balaban J connectivity index is 1.70. The van der Waals surface area contributed by atoms with E-state index >= 15 is 0 Å². The van der Waals surface area contributed by atoms with Crippen LogP contribution in [0.15, 0.2) is 72.8 Å². The van der Waals surface area contributed by atoms with Crippen LogP contribution in [0.5, 0.6) is 0 Å². The zero-order chi connectivity index (χ0) is 16.1. The summed E-state index contributed by atoms with van der Waals surface area (Å²) in [5.74, 6) is -0.350. The lowest BCUT2D eigenvalue weighted by Crippen LogP contribution is -2.32. The minimum atomic E-state index is -0.590. The second-order valence-electron chi connectivity index (χ2n) is 5.30. The van der Waals surface area contributed by atoms with Crippen LogP contribution in [0.4, 0.5) is 4.79 Å². The highest BCUT2D eigenvalue weighted by Crippen LogP contribution is 2.27. The van der Waals surface area contributed by atoms with Gasteiger partial charge in [-0.2, -0.15) is 0 Å². The van der Waals surface area contributed by atoms with Gasteiger partial charge in [-0.3, -0.25) is 4.79 Å². The molecule has 0 aromatic heterocycles. The molecule has 1 aliphatic heterocycles. The van der Waals surface area contributed by atoms with Gasteiger partial charge >= 0.3 is 6.09 Å². The summed E-state index contributed by atoms with van der Waals surface area (Å²) in [7, 11) is 0. The SMILES string of the molecule is O=C(/C=C/Cc1ccccc1)N1C(=O)OC[C@H]1c1ccccc1. The van der Waals surface area contributed by atoms with Gasteiger partial charge in [-0.05, 0) is 17.5 Å². The molecule has 0 aliphatic carbocycles. The number of amides is 2. The molecule has 0 unspecified atom stereocenters. The van der Waals surface area contributed by atoms with Crippen LogP contribution in [0.2, 0.25) is 0 Å². The summed E-state index contributed by atoms with van der Waals surface area (Å²) < 4.78 is 5.05. The average molecular weight is 307 g/mol. The van der Waals surface area contributed by atoms with Gasteiger partial charge in [0.2, 0.25) is 0 Å². The lowest BCUT2D eigenvalue weighted by atomic mass is 10.1. The van der Waals surface area contributed by atoms with E-state index in [0.29, 0.717) is 6.42 Å². The zero-order valence-electron chi connectivity index (χ0n) is 12.6. The third-order valence-electron chi connectivity index (χ3n) is 3.75. The van der Waals surface area contributed by atoms with E-state index in [1.807, 2.05) is 60.7 Å². The largest absolute Gasteiger partial charge is 0.446 e. The first-order chi connectivity index (χ1) is 11.3. The molecule has 1 saturated heterocycles. The van der Waals surface area contributed by atoms with E-state index in [-0.39, 0.29) is 18.6 Å². The van der Waals surface area contributed by atoms with Crippen LogP contribution in [0.3, 0.4) is 0 Å². The normalized spacial score (nSPS) is 17.5. The van der Waals surface area contributed by atoms with Crippen LogP contribution < -0.4 is 0 Å². The Morgan fingerprint density at radius 2 is 1.74 bits per heavy atom. The molecule has 1 atom stereocenters. The summed E-state index contributed by atoms with van der Waals surface area (Å²) in [4.78, 5) is 25.4. The maximum absolute atomic E-state index is 12.4. The maximum atomic E-state index is 12.4. The van der Waals surface area contributed by atoms with Gasteiger partial charge in [-0.15, -0.1) is 0 Å². The number of benzene rings is 2. The Labute approximate surface area is 135 Å². The van der Waals surface area contributed by atoms with Gasteiger partial charge in [-0.1, -0.05) is 66.7 Å². The molecule has 0 spiro atoms. The van der Waals surface area contributed by atoms with Crippen molar-refractivity contribution in [3.63, 3.8) is 0 Å². The number of nitrogens with zero attached hydrogens (tertiary/aromatic N) is 1. The summed E-state index contributed by atoms with van der Waals surface area (Å²) in [6.45, 7) is 0.196. The Bertz CT molecular complexity index is 710. The predicted molar refractivity (Wildman–Crippen MR) is 86.7 cm³/mol. The molecule has 0 bridgehead atoms. The van der Waals surface area contributed by atoms with E-state index < -0.39 is 6.09 Å². The standard InChI is InChI=1S/C19H17NO3/c21-18(13-7-10-15-8-3-1-4-9-15)20-17(14-23-19(20)22)16-11-5-2-6-12-16/h1-9,11-13,17H,10,14H2/b13-7+/t17-/m0/s1. The number of imide groups is 1. The number of allylic oxidation sites excluding steroid dienone is 1. The first kappa shape index (κ1) is 15.0. The Hall–Kier alpha value is -2.88. The Morgan fingerprint density at radius 1 is 1.09 bits per heavy atom. The van der Waals surface area contributed by atoms with E-state index in [1.165, 1.54) is 11.0 Å². The highest BCUT2D eigenvalue weighted by molar-refractivity contribution is 5.99. The Morgan fingerprint density at radius 3 is 2.43 bits per heavy atom. The van der Waals surface area contributed by atoms with Crippen LogP contribution in [-0.4, -0.2) is 23.5 Å². The van der Waals surface area contributed by atoms with Crippen molar-refractivity contribution in [1.82, 2.24) is 4.90 Å². The van der Waals surface area contributed by atoms with Crippen molar-refractivity contribution < 1.29 is 14.3 Å². The van der Waals surface area contributed by atoms with E-state index in [2.05, 4.69) is 0 Å². The minimum absolute atomic E-state index is 0.196. The molecule has 2 aromatic carbocycles. The number of rotatable bonds is 4. The molecule has 1 heterocycles. The fourth-order valence-electron chi connectivity index (χ4n) is 2.58. The van der Waals surface area contributed by atoms with Crippen LogP contribution in [0.25, 0.3) is 0 Å². The number of carbonyl (C=O) groups excluding carboxylic acids is 2. The molecule has 1 aliphatic rings. The van der Waals surface area contributed by atoms with Gasteiger partial charge in [0.05, 0.1) is 0 Å². The highest BCUT2D eigenvalue weighted by atomic mass is 16.6. The number of ether oxygens (including phenoxy) is 1. The van der Waals surface area contributed by atoms with Crippen molar-refractivity contribution in [2.45, 2.75) is 12.5 Å². The van der Waals surface area contributed by atoms with Crippen molar-refractivity contribution in [1.29, 1.82) is 0 Å². The number of carbonyl (C=O) groups is 2. The van der Waals surface area contributed by atoms with Crippen molar-refractivity contribution in [2.24, 2.45) is 0 Å². The fraction of sp³-hybridized carbons (Fsp3) is 0.158. The third kappa shape index (κ3) is 3.48. The smallest absolute Gasteiger partial charge is 0.417 e. The number of hydrogen-bond donors (Lipinski definition) is 0. The molecule has 2 amide bonds. The quantitative estimate of drug-likeness (QED) is 0.812. The molecule has 23 heavy (non-hydrogen) atoms. The molecule has 116 valence electrons. The summed E-state index contributed by atoms with van der Waals surface area (Å²) in [6.07, 6.45) is 3.26. The number of hydrogen-bond acceptors (Lipinski definition) is 3. The first-order valence-electron chi connectivity index (χ1n) is 7.51. The molecule has 1 fully saturated rings. The van der Waals surface area contributed by atoms with Crippen LogP contribution in [0, 0.1) is 0 Å². The van der Waals surface area contributed by atoms with Crippen molar-refractivity contribution in [2.75, 3.05) is 6.61 Å². The second-order valence-corrected chi connectivity index (χ2v) is 5.30. The second kappa shape index (κ2) is 6.92. The summed E-state index contributed by atoms with van der Waals surface area (Å²) in [5, 5.41) is 0. The van der Waals surface area contributed by atoms with Crippen molar-refractivity contribution in [3.05, 3.63) is 83.9 Å². The molecular weight excluding hydrogens is 290 g/mol. The highest BCUT2D eigenvalue weighted by Gasteiger charge is 2.37. The maximum Gasteiger partial charge on any atom is 0.417 e.